The molecule has 2 aliphatic rings. The number of H-pyrrole nitrogens is 2. The van der Waals surface area contributed by atoms with Crippen molar-refractivity contribution in [2.75, 3.05) is 39.3 Å². The molecule has 0 spiro atoms. The Kier molecular flexibility index (Phi) is 6.30. The average molecular weight is 524 g/mol. The number of nitrogens with zero attached hydrogens (tertiary/aromatic N) is 4. The van der Waals surface area contributed by atoms with Crippen LogP contribution in [0, 0.1) is 5.82 Å². The molecule has 7 rings (SSSR count). The highest BCUT2D eigenvalue weighted by Crippen LogP contribution is 2.35. The van der Waals surface area contributed by atoms with Gasteiger partial charge >= 0.3 is 0 Å². The van der Waals surface area contributed by atoms with Crippen LogP contribution in [0.15, 0.2) is 54.7 Å². The molecule has 1 fully saturated rings. The molecule has 0 amide bonds. The number of hydrogen-bond donors (Lipinski definition) is 3. The summed E-state index contributed by atoms with van der Waals surface area (Å²) in [4.78, 5) is 15.3. The zero-order valence-electron chi connectivity index (χ0n) is 21.6. The Morgan fingerprint density at radius 2 is 1.97 bits per heavy atom. The molecule has 2 aliphatic heterocycles. The van der Waals surface area contributed by atoms with Crippen molar-refractivity contribution in [1.29, 1.82) is 0 Å². The predicted octanol–water partition coefficient (Wildman–Crippen LogP) is 5.16. The third-order valence-corrected chi connectivity index (χ3v) is 7.64. The van der Waals surface area contributed by atoms with E-state index in [0.29, 0.717) is 18.0 Å². The smallest absolute Gasteiger partial charge is 0.138 e. The zero-order chi connectivity index (χ0) is 26.2. The molecular weight excluding hydrogens is 493 g/mol. The SMILES string of the molecule is Fc1cc(OCCN2CCCC2)cc(-c2ccnc3[nH]c(-c4n[nH]c5ccc(C6=CCNCC6)nc45)cc23)c1. The molecule has 0 bridgehead atoms. The molecule has 3 N–H and O–H groups in total. The van der Waals surface area contributed by atoms with E-state index < -0.39 is 0 Å². The Hall–Kier alpha value is -4.08. The second-order valence-electron chi connectivity index (χ2n) is 10.2. The van der Waals surface area contributed by atoms with Crippen LogP contribution in [0.25, 0.3) is 50.2 Å². The Bertz CT molecular complexity index is 1680. The molecule has 9 heteroatoms. The molecule has 0 atom stereocenters. The van der Waals surface area contributed by atoms with Gasteiger partial charge in [-0.15, -0.1) is 0 Å². The maximum atomic E-state index is 14.7. The van der Waals surface area contributed by atoms with E-state index in [4.69, 9.17) is 9.72 Å². The minimum Gasteiger partial charge on any atom is -0.492 e. The van der Waals surface area contributed by atoms with Gasteiger partial charge in [0, 0.05) is 30.7 Å². The Balaban J connectivity index is 1.22. The van der Waals surface area contributed by atoms with Gasteiger partial charge in [0.05, 0.1) is 16.9 Å². The summed E-state index contributed by atoms with van der Waals surface area (Å²) in [5.41, 5.74) is 7.75. The summed E-state index contributed by atoms with van der Waals surface area (Å²) >= 11 is 0. The summed E-state index contributed by atoms with van der Waals surface area (Å²) < 4.78 is 20.7. The van der Waals surface area contributed by atoms with Gasteiger partial charge in [-0.05, 0) is 92.0 Å². The Labute approximate surface area is 225 Å². The van der Waals surface area contributed by atoms with Gasteiger partial charge in [-0.2, -0.15) is 5.10 Å². The van der Waals surface area contributed by atoms with Crippen molar-refractivity contribution in [3.05, 3.63) is 66.2 Å². The molecule has 0 saturated carbocycles. The lowest BCUT2D eigenvalue weighted by Gasteiger charge is -2.15. The van der Waals surface area contributed by atoms with Crippen molar-refractivity contribution in [3.8, 4) is 28.3 Å². The predicted molar refractivity (Wildman–Crippen MR) is 151 cm³/mol. The average Bonchev–Trinajstić information content (AvgIpc) is 3.72. The Morgan fingerprint density at radius 3 is 2.85 bits per heavy atom. The summed E-state index contributed by atoms with van der Waals surface area (Å²) in [6, 6.07) is 12.9. The van der Waals surface area contributed by atoms with E-state index in [0.717, 1.165) is 83.8 Å². The van der Waals surface area contributed by atoms with Crippen LogP contribution in [0.4, 0.5) is 4.39 Å². The third-order valence-electron chi connectivity index (χ3n) is 7.64. The summed E-state index contributed by atoms with van der Waals surface area (Å²) in [6.45, 7) is 5.42. The standard InChI is InChI=1S/C30H30FN7O/c31-21-15-20(16-22(17-21)39-14-13-38-11-1-2-12-38)23-7-10-33-30-24(23)18-27(35-30)29-28-26(36-37-29)4-3-25(34-28)19-5-8-32-9-6-19/h3-5,7,10,15-18,32H,1-2,6,8-9,11-14H2,(H,33,35)(H,36,37). The van der Waals surface area contributed by atoms with Crippen LogP contribution in [-0.4, -0.2) is 69.4 Å². The third kappa shape index (κ3) is 4.79. The van der Waals surface area contributed by atoms with Gasteiger partial charge in [0.2, 0.25) is 0 Å². The van der Waals surface area contributed by atoms with E-state index in [2.05, 4.69) is 36.5 Å². The van der Waals surface area contributed by atoms with Crippen LogP contribution in [0.2, 0.25) is 0 Å². The highest BCUT2D eigenvalue weighted by Gasteiger charge is 2.18. The van der Waals surface area contributed by atoms with Crippen molar-refractivity contribution in [2.24, 2.45) is 0 Å². The minimum absolute atomic E-state index is 0.327. The fourth-order valence-electron chi connectivity index (χ4n) is 5.63. The quantitative estimate of drug-likeness (QED) is 0.273. The van der Waals surface area contributed by atoms with E-state index >= 15 is 0 Å². The summed E-state index contributed by atoms with van der Waals surface area (Å²) in [7, 11) is 0. The lowest BCUT2D eigenvalue weighted by molar-refractivity contribution is 0.237. The van der Waals surface area contributed by atoms with Gasteiger partial charge in [0.25, 0.3) is 0 Å². The number of halogens is 1. The van der Waals surface area contributed by atoms with Gasteiger partial charge in [-0.25, -0.2) is 14.4 Å². The second-order valence-corrected chi connectivity index (χ2v) is 10.2. The largest absolute Gasteiger partial charge is 0.492 e. The number of nitrogens with one attached hydrogen (secondary N) is 3. The molecular formula is C30H30FN7O. The lowest BCUT2D eigenvalue weighted by atomic mass is 10.0. The van der Waals surface area contributed by atoms with E-state index in [1.165, 1.54) is 24.5 Å². The highest BCUT2D eigenvalue weighted by molar-refractivity contribution is 5.99. The van der Waals surface area contributed by atoms with Crippen molar-refractivity contribution in [3.63, 3.8) is 0 Å². The number of benzene rings is 1. The first-order valence-corrected chi connectivity index (χ1v) is 13.6. The lowest BCUT2D eigenvalue weighted by Crippen LogP contribution is -2.25. The molecule has 8 nitrogen and oxygen atoms in total. The second kappa shape index (κ2) is 10.2. The van der Waals surface area contributed by atoms with Crippen molar-refractivity contribution in [2.45, 2.75) is 19.3 Å². The highest BCUT2D eigenvalue weighted by atomic mass is 19.1. The van der Waals surface area contributed by atoms with Gasteiger partial charge in [0.1, 0.15) is 35.0 Å². The maximum Gasteiger partial charge on any atom is 0.138 e. The first kappa shape index (κ1) is 24.0. The molecule has 0 radical (unpaired) electrons. The van der Waals surface area contributed by atoms with Gasteiger partial charge in [-0.3, -0.25) is 10.00 Å². The monoisotopic (exact) mass is 523 g/mol. The van der Waals surface area contributed by atoms with Crippen LogP contribution in [0.3, 0.4) is 0 Å². The molecule has 4 aromatic heterocycles. The van der Waals surface area contributed by atoms with Crippen molar-refractivity contribution < 1.29 is 9.13 Å². The van der Waals surface area contributed by atoms with Crippen LogP contribution < -0.4 is 10.1 Å². The number of rotatable bonds is 7. The number of aromatic nitrogens is 5. The molecule has 1 saturated heterocycles. The zero-order valence-corrected chi connectivity index (χ0v) is 21.6. The van der Waals surface area contributed by atoms with Crippen LogP contribution in [-0.2, 0) is 0 Å². The van der Waals surface area contributed by atoms with E-state index in [9.17, 15) is 4.39 Å². The summed E-state index contributed by atoms with van der Waals surface area (Å²) in [5, 5.41) is 11.9. The first-order chi connectivity index (χ1) is 19.2. The normalized spacial score (nSPS) is 16.3. The fraction of sp³-hybridized carbons (Fsp3) is 0.300. The topological polar surface area (TPSA) is 94.8 Å². The maximum absolute atomic E-state index is 14.7. The molecule has 6 heterocycles. The molecule has 1 aromatic carbocycles. The van der Waals surface area contributed by atoms with Crippen LogP contribution in [0.1, 0.15) is 25.0 Å². The van der Waals surface area contributed by atoms with Crippen LogP contribution >= 0.6 is 0 Å². The molecule has 0 aliphatic carbocycles. The Morgan fingerprint density at radius 1 is 1.05 bits per heavy atom. The minimum atomic E-state index is -0.327. The summed E-state index contributed by atoms with van der Waals surface area (Å²) in [6.07, 6.45) is 7.35. The molecule has 39 heavy (non-hydrogen) atoms. The van der Waals surface area contributed by atoms with E-state index in [1.807, 2.05) is 30.3 Å². The number of pyridine rings is 2. The fourth-order valence-corrected chi connectivity index (χ4v) is 5.63. The van der Waals surface area contributed by atoms with E-state index in [-0.39, 0.29) is 5.82 Å². The van der Waals surface area contributed by atoms with Crippen molar-refractivity contribution >= 4 is 27.6 Å². The number of hydrogen-bond acceptors (Lipinski definition) is 6. The van der Waals surface area contributed by atoms with E-state index in [1.54, 1.807) is 12.3 Å². The summed E-state index contributed by atoms with van der Waals surface area (Å²) in [5.74, 6) is 0.207. The van der Waals surface area contributed by atoms with Gasteiger partial charge < -0.3 is 15.0 Å². The number of likely N-dealkylation sites (tertiary alicyclic amines) is 1. The van der Waals surface area contributed by atoms with Gasteiger partial charge in [-0.1, -0.05) is 6.08 Å². The molecule has 5 aromatic rings. The number of ether oxygens (including phenoxy) is 1. The number of fused-ring (bicyclic) bond motifs is 2. The first-order valence-electron chi connectivity index (χ1n) is 13.6. The molecule has 0 unspecified atom stereocenters. The van der Waals surface area contributed by atoms with Crippen molar-refractivity contribution in [1.82, 2.24) is 35.4 Å². The number of aromatic amines is 2. The van der Waals surface area contributed by atoms with Crippen LogP contribution in [0.5, 0.6) is 5.75 Å². The molecule has 198 valence electrons. The van der Waals surface area contributed by atoms with Gasteiger partial charge in [0.15, 0.2) is 0 Å².